The number of carbonyl (C=O) groups excluding carboxylic acids is 2. The van der Waals surface area contributed by atoms with Gasteiger partial charge in [0, 0.05) is 29.9 Å². The van der Waals surface area contributed by atoms with Crippen molar-refractivity contribution in [2.24, 2.45) is 0 Å². The van der Waals surface area contributed by atoms with Crippen LogP contribution in [0.25, 0.3) is 22.7 Å². The number of esters is 1. The second-order valence-corrected chi connectivity index (χ2v) is 10.3. The van der Waals surface area contributed by atoms with E-state index in [-0.39, 0.29) is 40.5 Å². The average Bonchev–Trinajstić information content (AvgIpc) is 3.67. The molecule has 0 saturated carbocycles. The average molecular weight is 589 g/mol. The Labute approximate surface area is 246 Å². The van der Waals surface area contributed by atoms with E-state index >= 15 is 0 Å². The molecule has 0 bridgehead atoms. The van der Waals surface area contributed by atoms with Crippen LogP contribution < -0.4 is 14.4 Å². The third-order valence-corrected chi connectivity index (χ3v) is 7.64. The van der Waals surface area contributed by atoms with E-state index in [2.05, 4.69) is 20.9 Å². The van der Waals surface area contributed by atoms with Crippen LogP contribution >= 0.6 is 11.3 Å². The van der Waals surface area contributed by atoms with Crippen LogP contribution in [-0.2, 0) is 16.1 Å². The maximum atomic E-state index is 12.3. The molecule has 0 radical (unpaired) electrons. The Kier molecular flexibility index (Phi) is 8.80. The number of aromatic nitrogens is 2. The summed E-state index contributed by atoms with van der Waals surface area (Å²) in [5.41, 5.74) is 3.18. The van der Waals surface area contributed by atoms with Gasteiger partial charge in [-0.2, -0.15) is 5.26 Å². The monoisotopic (exact) mass is 588 g/mol. The summed E-state index contributed by atoms with van der Waals surface area (Å²) in [7, 11) is 1.27. The van der Waals surface area contributed by atoms with Crippen LogP contribution in [0, 0.1) is 11.3 Å². The normalized spacial score (nSPS) is 13.0. The summed E-state index contributed by atoms with van der Waals surface area (Å²) < 4.78 is 27.5. The molecule has 1 aliphatic rings. The van der Waals surface area contributed by atoms with Crippen LogP contribution in [0.5, 0.6) is 11.8 Å². The maximum absolute atomic E-state index is 12.3. The molecule has 0 N–H and O–H groups in total. The second kappa shape index (κ2) is 12.8. The van der Waals surface area contributed by atoms with Gasteiger partial charge in [0.25, 0.3) is 0 Å². The molecule has 216 valence electrons. The first-order valence-electron chi connectivity index (χ1n) is 13.2. The molecule has 0 spiro atoms. The zero-order chi connectivity index (χ0) is 29.6. The van der Waals surface area contributed by atoms with Gasteiger partial charge < -0.3 is 28.3 Å². The van der Waals surface area contributed by atoms with Crippen molar-refractivity contribution in [3.63, 3.8) is 0 Å². The van der Waals surface area contributed by atoms with E-state index in [9.17, 15) is 14.9 Å². The van der Waals surface area contributed by atoms with Crippen LogP contribution in [0.1, 0.15) is 44.3 Å². The standard InChI is InChI=1S/C30H28N4O7S/c1-4-39-27-16-32-28(41-27)22-13-24(19-5-7-20(8-6-19)34-9-11-38-12-10-34)33-29(23(22)15-31)40-17-26-21(18(2)35)14-25(42-26)30(36)37-3/h5-8,13-14,16H,4,9-12,17H2,1-3H3. The fourth-order valence-electron chi connectivity index (χ4n) is 4.48. The predicted molar refractivity (Wildman–Crippen MR) is 154 cm³/mol. The summed E-state index contributed by atoms with van der Waals surface area (Å²) in [6.45, 7) is 6.50. The van der Waals surface area contributed by atoms with Gasteiger partial charge in [0.05, 0.1) is 43.1 Å². The van der Waals surface area contributed by atoms with E-state index in [1.54, 1.807) is 6.07 Å². The minimum atomic E-state index is -0.552. The lowest BCUT2D eigenvalue weighted by Gasteiger charge is -2.28. The maximum Gasteiger partial charge on any atom is 0.348 e. The number of anilines is 1. The van der Waals surface area contributed by atoms with Crippen LogP contribution in [0.4, 0.5) is 5.69 Å². The summed E-state index contributed by atoms with van der Waals surface area (Å²) >= 11 is 1.09. The molecule has 0 atom stereocenters. The largest absolute Gasteiger partial charge is 0.471 e. The van der Waals surface area contributed by atoms with Crippen LogP contribution in [-0.4, -0.2) is 61.7 Å². The van der Waals surface area contributed by atoms with Gasteiger partial charge in [0.15, 0.2) is 5.78 Å². The number of benzene rings is 1. The molecule has 5 rings (SSSR count). The van der Waals surface area contributed by atoms with Crippen LogP contribution in [0.3, 0.4) is 0 Å². The Bertz CT molecular complexity index is 1630. The molecule has 1 aromatic carbocycles. The van der Waals surface area contributed by atoms with Crippen molar-refractivity contribution in [2.45, 2.75) is 20.5 Å². The number of thiophene rings is 1. The highest BCUT2D eigenvalue weighted by atomic mass is 32.1. The smallest absolute Gasteiger partial charge is 0.348 e. The Morgan fingerprint density at radius 2 is 1.90 bits per heavy atom. The molecule has 1 aliphatic heterocycles. The number of morpholine rings is 1. The first kappa shape index (κ1) is 28.8. The lowest BCUT2D eigenvalue weighted by atomic mass is 10.0. The van der Waals surface area contributed by atoms with Crippen molar-refractivity contribution >= 4 is 28.8 Å². The van der Waals surface area contributed by atoms with Gasteiger partial charge in [-0.25, -0.2) is 14.8 Å². The van der Waals surface area contributed by atoms with Crippen molar-refractivity contribution < 1.29 is 33.0 Å². The second-order valence-electron chi connectivity index (χ2n) is 9.19. The number of nitrogens with zero attached hydrogens (tertiary/aromatic N) is 4. The topological polar surface area (TPSA) is 137 Å². The fourth-order valence-corrected chi connectivity index (χ4v) is 5.52. The fraction of sp³-hybridized carbons (Fsp3) is 0.300. The molecule has 3 aromatic heterocycles. The SMILES string of the molecule is CCOc1cnc(-c2cc(-c3ccc(N4CCOCC4)cc3)nc(OCc3sc(C(=O)OC)cc3C(C)=O)c2C#N)o1. The van der Waals surface area contributed by atoms with Crippen LogP contribution in [0.2, 0.25) is 0 Å². The van der Waals surface area contributed by atoms with Gasteiger partial charge in [0.2, 0.25) is 11.8 Å². The molecule has 42 heavy (non-hydrogen) atoms. The molecule has 1 fully saturated rings. The Hall–Kier alpha value is -4.73. The zero-order valence-electron chi connectivity index (χ0n) is 23.3. The molecule has 11 nitrogen and oxygen atoms in total. The summed E-state index contributed by atoms with van der Waals surface area (Å²) in [5.74, 6) is -0.370. The summed E-state index contributed by atoms with van der Waals surface area (Å²) in [6.07, 6.45) is 1.44. The van der Waals surface area contributed by atoms with Crippen LogP contribution in [0.15, 0.2) is 47.0 Å². The number of hydrogen-bond donors (Lipinski definition) is 0. The van der Waals surface area contributed by atoms with Gasteiger partial charge in [0.1, 0.15) is 29.3 Å². The number of Topliss-reactive ketones (excluding diaryl/α,β-unsaturated/α-hetero) is 1. The van der Waals surface area contributed by atoms with E-state index in [0.717, 1.165) is 35.7 Å². The van der Waals surface area contributed by atoms with E-state index in [4.69, 9.17) is 23.4 Å². The van der Waals surface area contributed by atoms with Gasteiger partial charge in [-0.05, 0) is 38.1 Å². The van der Waals surface area contributed by atoms with E-state index in [1.807, 2.05) is 31.2 Å². The van der Waals surface area contributed by atoms with Crippen molar-refractivity contribution in [3.05, 3.63) is 63.5 Å². The third-order valence-electron chi connectivity index (χ3n) is 6.55. The van der Waals surface area contributed by atoms with Gasteiger partial charge in [-0.1, -0.05) is 12.1 Å². The highest BCUT2D eigenvalue weighted by molar-refractivity contribution is 7.14. The number of carbonyl (C=O) groups is 2. The summed E-state index contributed by atoms with van der Waals surface area (Å²) in [6, 6.07) is 13.3. The summed E-state index contributed by atoms with van der Waals surface area (Å²) in [4.78, 5) is 36.4. The first-order valence-corrected chi connectivity index (χ1v) is 14.1. The highest BCUT2D eigenvalue weighted by Crippen LogP contribution is 2.36. The van der Waals surface area contributed by atoms with E-state index < -0.39 is 5.97 Å². The number of ketones is 1. The number of hydrogen-bond acceptors (Lipinski definition) is 12. The number of ether oxygens (including phenoxy) is 4. The zero-order valence-corrected chi connectivity index (χ0v) is 24.2. The van der Waals surface area contributed by atoms with Gasteiger partial charge >= 0.3 is 11.9 Å². The van der Waals surface area contributed by atoms with Crippen molar-refractivity contribution in [2.75, 3.05) is 44.9 Å². The molecule has 0 amide bonds. The molecule has 0 aliphatic carbocycles. The minimum absolute atomic E-state index is 0.0286. The number of rotatable bonds is 10. The lowest BCUT2D eigenvalue weighted by Crippen LogP contribution is -2.36. The Morgan fingerprint density at radius 1 is 1.14 bits per heavy atom. The predicted octanol–water partition coefficient (Wildman–Crippen LogP) is 5.14. The van der Waals surface area contributed by atoms with Crippen molar-refractivity contribution in [3.8, 4) is 40.6 Å². The van der Waals surface area contributed by atoms with E-state index in [0.29, 0.717) is 41.5 Å². The Balaban J connectivity index is 1.54. The highest BCUT2D eigenvalue weighted by Gasteiger charge is 2.23. The summed E-state index contributed by atoms with van der Waals surface area (Å²) in [5, 5.41) is 10.2. The Morgan fingerprint density at radius 3 is 2.57 bits per heavy atom. The van der Waals surface area contributed by atoms with E-state index in [1.165, 1.54) is 26.3 Å². The number of oxazole rings is 1. The molecule has 12 heteroatoms. The third kappa shape index (κ3) is 6.12. The number of pyridine rings is 1. The van der Waals surface area contributed by atoms with Gasteiger partial charge in [-0.15, -0.1) is 11.3 Å². The molecule has 4 heterocycles. The van der Waals surface area contributed by atoms with Gasteiger partial charge in [-0.3, -0.25) is 4.79 Å². The molecular weight excluding hydrogens is 560 g/mol. The molecule has 1 saturated heterocycles. The molecule has 0 unspecified atom stereocenters. The molecular formula is C30H28N4O7S. The lowest BCUT2D eigenvalue weighted by molar-refractivity contribution is 0.0606. The molecule has 4 aromatic rings. The number of methoxy groups -OCH3 is 1. The quantitative estimate of drug-likeness (QED) is 0.180. The van der Waals surface area contributed by atoms with Crippen molar-refractivity contribution in [1.29, 1.82) is 5.26 Å². The number of nitriles is 1. The first-order chi connectivity index (χ1) is 20.4. The van der Waals surface area contributed by atoms with Crippen molar-refractivity contribution in [1.82, 2.24) is 9.97 Å². The minimum Gasteiger partial charge on any atom is -0.471 e.